The van der Waals surface area contributed by atoms with Crippen molar-refractivity contribution in [2.24, 2.45) is 0 Å². The molecule has 0 radical (unpaired) electrons. The van der Waals surface area contributed by atoms with Crippen LogP contribution in [-0.2, 0) is 14.3 Å². The number of allylic oxidation sites excluding steroid dienone is 6. The third kappa shape index (κ3) is 31.3. The van der Waals surface area contributed by atoms with Crippen LogP contribution in [0.15, 0.2) is 36.5 Å². The molecule has 8 N–H and O–H groups in total. The van der Waals surface area contributed by atoms with E-state index in [-0.39, 0.29) is 12.8 Å². The first-order chi connectivity index (χ1) is 31.2. The molecule has 1 rings (SSSR count). The number of aliphatic hydroxyl groups is 7. The van der Waals surface area contributed by atoms with Gasteiger partial charge in [-0.25, -0.2) is 0 Å². The zero-order chi connectivity index (χ0) is 46.9. The number of carbonyl (C=O) groups excluding carboxylic acids is 1. The van der Waals surface area contributed by atoms with Crippen molar-refractivity contribution in [3.8, 4) is 0 Å². The Bertz CT molecular complexity index is 1130. The third-order valence-corrected chi connectivity index (χ3v) is 12.7. The van der Waals surface area contributed by atoms with Crippen LogP contribution in [0.4, 0.5) is 0 Å². The number of rotatable bonds is 44. The third-order valence-electron chi connectivity index (χ3n) is 12.7. The van der Waals surface area contributed by atoms with Gasteiger partial charge >= 0.3 is 0 Å². The van der Waals surface area contributed by atoms with E-state index in [0.29, 0.717) is 12.8 Å². The Hall–Kier alpha value is -1.67. The second kappa shape index (κ2) is 42.7. The fourth-order valence-electron chi connectivity index (χ4n) is 8.29. The highest BCUT2D eigenvalue weighted by molar-refractivity contribution is 5.80. The van der Waals surface area contributed by atoms with Crippen molar-refractivity contribution in [3.05, 3.63) is 36.5 Å². The summed E-state index contributed by atoms with van der Waals surface area (Å²) < 4.78 is 11.1. The van der Waals surface area contributed by atoms with Crippen LogP contribution in [0.25, 0.3) is 0 Å². The van der Waals surface area contributed by atoms with Gasteiger partial charge in [0.15, 0.2) is 6.29 Å². The first-order valence-corrected chi connectivity index (χ1v) is 26.4. The van der Waals surface area contributed by atoms with Crippen LogP contribution in [0, 0.1) is 0 Å². The smallest absolute Gasteiger partial charge is 0.249 e. The standard InChI is InChI=1S/C53H99NO10/c1-3-5-7-9-11-13-14-15-16-17-18-19-20-21-22-23-24-25-26-27-28-29-30-31-33-35-37-39-41-46(57)52(62)54-44(43-63-53-51(61)50(60)49(59)47(42-55)64-53)48(58)45(56)40-38-36-34-32-12-10-8-6-4-2/h18-19,21-22,32,34,44-51,53,55-61H,3-17,20,23-31,33,35-43H2,1-2H3,(H,54,62)/b19-18-,22-21-,34-32+. The minimum atomic E-state index is -1.67. The topological polar surface area (TPSA) is 189 Å². The number of aliphatic hydroxyl groups excluding tert-OH is 7. The number of hydrogen-bond donors (Lipinski definition) is 8. The average Bonchev–Trinajstić information content (AvgIpc) is 3.29. The van der Waals surface area contributed by atoms with E-state index in [9.17, 15) is 40.5 Å². The molecule has 64 heavy (non-hydrogen) atoms. The SMILES string of the molecule is CCCCCC/C=C/CCCC(O)C(O)C(COC1OC(CO)C(O)C(O)C1O)NC(=O)C(O)CCCCCCCCCCCCCC/C=C\C/C=C\CCCCCCCCCCC. The maximum Gasteiger partial charge on any atom is 0.249 e. The zero-order valence-electron chi connectivity index (χ0n) is 40.8. The molecule has 0 aromatic heterocycles. The molecule has 0 aromatic rings. The Kier molecular flexibility index (Phi) is 40.2. The molecular formula is C53H99NO10. The lowest BCUT2D eigenvalue weighted by atomic mass is 9.98. The molecule has 376 valence electrons. The van der Waals surface area contributed by atoms with Crippen LogP contribution in [0.5, 0.6) is 0 Å². The summed E-state index contributed by atoms with van der Waals surface area (Å²) in [4.78, 5) is 13.1. The van der Waals surface area contributed by atoms with Gasteiger partial charge in [-0.1, -0.05) is 192 Å². The molecule has 0 aliphatic carbocycles. The molecule has 1 aliphatic rings. The molecule has 1 fully saturated rings. The molecule has 9 unspecified atom stereocenters. The number of ether oxygens (including phenoxy) is 2. The molecule has 1 saturated heterocycles. The number of unbranched alkanes of at least 4 members (excludes halogenated alkanes) is 26. The lowest BCUT2D eigenvalue weighted by Gasteiger charge is -2.40. The predicted molar refractivity (Wildman–Crippen MR) is 261 cm³/mol. The predicted octanol–water partition coefficient (Wildman–Crippen LogP) is 9.95. The van der Waals surface area contributed by atoms with Crippen LogP contribution >= 0.6 is 0 Å². The van der Waals surface area contributed by atoms with Gasteiger partial charge in [-0.15, -0.1) is 0 Å². The second-order valence-corrected chi connectivity index (χ2v) is 18.6. The van der Waals surface area contributed by atoms with Gasteiger partial charge in [0, 0.05) is 0 Å². The average molecular weight is 910 g/mol. The largest absolute Gasteiger partial charge is 0.394 e. The number of carbonyl (C=O) groups is 1. The van der Waals surface area contributed by atoms with Crippen molar-refractivity contribution in [1.29, 1.82) is 0 Å². The van der Waals surface area contributed by atoms with E-state index in [1.165, 1.54) is 141 Å². The molecule has 1 aliphatic heterocycles. The van der Waals surface area contributed by atoms with E-state index in [2.05, 4.69) is 55.6 Å². The van der Waals surface area contributed by atoms with E-state index in [4.69, 9.17) is 9.47 Å². The Morgan fingerprint density at radius 1 is 0.547 bits per heavy atom. The summed E-state index contributed by atoms with van der Waals surface area (Å²) in [6.07, 6.45) is 39.5. The lowest BCUT2D eigenvalue weighted by molar-refractivity contribution is -0.303. The zero-order valence-corrected chi connectivity index (χ0v) is 40.8. The van der Waals surface area contributed by atoms with E-state index < -0.39 is 74.2 Å². The molecule has 9 atom stereocenters. The molecule has 1 heterocycles. The number of amides is 1. The van der Waals surface area contributed by atoms with Gasteiger partial charge in [-0.3, -0.25) is 4.79 Å². The van der Waals surface area contributed by atoms with Crippen LogP contribution in [0.1, 0.15) is 226 Å². The fraction of sp³-hybridized carbons (Fsp3) is 0.868. The quantitative estimate of drug-likeness (QED) is 0.0216. The monoisotopic (exact) mass is 910 g/mol. The highest BCUT2D eigenvalue weighted by Gasteiger charge is 2.44. The highest BCUT2D eigenvalue weighted by Crippen LogP contribution is 2.23. The summed E-state index contributed by atoms with van der Waals surface area (Å²) in [5, 5.41) is 75.6. The van der Waals surface area contributed by atoms with Gasteiger partial charge in [0.05, 0.1) is 25.4 Å². The maximum atomic E-state index is 13.1. The molecular weight excluding hydrogens is 811 g/mol. The maximum absolute atomic E-state index is 13.1. The minimum absolute atomic E-state index is 0.252. The van der Waals surface area contributed by atoms with Crippen LogP contribution < -0.4 is 5.32 Å². The molecule has 0 bridgehead atoms. The van der Waals surface area contributed by atoms with Crippen LogP contribution in [0.2, 0.25) is 0 Å². The molecule has 11 heteroatoms. The minimum Gasteiger partial charge on any atom is -0.394 e. The summed E-state index contributed by atoms with van der Waals surface area (Å²) >= 11 is 0. The van der Waals surface area contributed by atoms with Crippen LogP contribution in [-0.4, -0.2) is 110 Å². The van der Waals surface area contributed by atoms with E-state index in [0.717, 1.165) is 44.9 Å². The van der Waals surface area contributed by atoms with Crippen molar-refractivity contribution in [2.75, 3.05) is 13.2 Å². The number of hydrogen-bond acceptors (Lipinski definition) is 10. The summed E-state index contributed by atoms with van der Waals surface area (Å²) in [6.45, 7) is 3.38. The Morgan fingerprint density at radius 3 is 1.45 bits per heavy atom. The molecule has 0 saturated carbocycles. The first kappa shape index (κ1) is 60.3. The van der Waals surface area contributed by atoms with Crippen molar-refractivity contribution in [3.63, 3.8) is 0 Å². The molecule has 11 nitrogen and oxygen atoms in total. The second-order valence-electron chi connectivity index (χ2n) is 18.6. The van der Waals surface area contributed by atoms with Crippen molar-refractivity contribution < 1.29 is 50.0 Å². The molecule has 0 aromatic carbocycles. The Labute approximate surface area is 390 Å². The summed E-state index contributed by atoms with van der Waals surface area (Å²) in [5.74, 6) is -0.710. The van der Waals surface area contributed by atoms with Gasteiger partial charge in [-0.2, -0.15) is 0 Å². The van der Waals surface area contributed by atoms with Crippen LogP contribution in [0.3, 0.4) is 0 Å². The number of nitrogens with one attached hydrogen (secondary N) is 1. The summed E-state index contributed by atoms with van der Waals surface area (Å²) in [5.41, 5.74) is 0. The summed E-state index contributed by atoms with van der Waals surface area (Å²) in [6, 6.07) is -1.18. The lowest BCUT2D eigenvalue weighted by Crippen LogP contribution is -2.60. The van der Waals surface area contributed by atoms with Crippen molar-refractivity contribution in [2.45, 2.75) is 281 Å². The fourth-order valence-corrected chi connectivity index (χ4v) is 8.29. The Balaban J connectivity index is 2.25. The summed E-state index contributed by atoms with van der Waals surface area (Å²) in [7, 11) is 0. The normalized spacial score (nSPS) is 21.3. The van der Waals surface area contributed by atoms with Crippen molar-refractivity contribution in [1.82, 2.24) is 5.32 Å². The molecule has 0 spiro atoms. The van der Waals surface area contributed by atoms with Gasteiger partial charge in [0.1, 0.15) is 36.6 Å². The Morgan fingerprint density at radius 2 is 0.969 bits per heavy atom. The first-order valence-electron chi connectivity index (χ1n) is 26.4. The van der Waals surface area contributed by atoms with E-state index in [1.807, 2.05) is 0 Å². The molecule has 1 amide bonds. The van der Waals surface area contributed by atoms with Gasteiger partial charge in [-0.05, 0) is 70.6 Å². The van der Waals surface area contributed by atoms with Crippen molar-refractivity contribution >= 4 is 5.91 Å². The van der Waals surface area contributed by atoms with Gasteiger partial charge in [0.2, 0.25) is 5.91 Å². The van der Waals surface area contributed by atoms with E-state index in [1.54, 1.807) is 0 Å². The van der Waals surface area contributed by atoms with Gasteiger partial charge in [0.25, 0.3) is 0 Å². The highest BCUT2D eigenvalue weighted by atomic mass is 16.7. The van der Waals surface area contributed by atoms with E-state index >= 15 is 0 Å². The van der Waals surface area contributed by atoms with Gasteiger partial charge < -0.3 is 50.5 Å².